The number of carbonyl (C=O) groups is 1. The Morgan fingerprint density at radius 1 is 1.15 bits per heavy atom. The summed E-state index contributed by atoms with van der Waals surface area (Å²) in [6, 6.07) is 0.845. The smallest absolute Gasteiger partial charge is 0.225 e. The van der Waals surface area contributed by atoms with E-state index in [-0.39, 0.29) is 5.92 Å². The number of likely N-dealkylation sites (N-methyl/N-ethyl adjacent to an activating group) is 1. The van der Waals surface area contributed by atoms with Crippen molar-refractivity contribution in [2.75, 3.05) is 20.1 Å². The molecular formula is C16H29N3O. The number of carbonyl (C=O) groups excluding carboxylic acids is 1. The van der Waals surface area contributed by atoms with Gasteiger partial charge in [0.15, 0.2) is 0 Å². The number of rotatable bonds is 2. The molecule has 0 aromatic heterocycles. The molecule has 1 heterocycles. The maximum absolute atomic E-state index is 12.8. The van der Waals surface area contributed by atoms with Crippen LogP contribution in [0.25, 0.3) is 0 Å². The van der Waals surface area contributed by atoms with Crippen molar-refractivity contribution in [3.05, 3.63) is 0 Å². The molecule has 3 N–H and O–H groups in total. The lowest BCUT2D eigenvalue weighted by atomic mass is 9.65. The maximum atomic E-state index is 12.8. The van der Waals surface area contributed by atoms with Gasteiger partial charge in [0.2, 0.25) is 5.91 Å². The Hall–Kier alpha value is -0.610. The van der Waals surface area contributed by atoms with Crippen LogP contribution in [0.15, 0.2) is 0 Å². The predicted octanol–water partition coefficient (Wildman–Crippen LogP) is 1.35. The standard InChI is InChI=1S/C16H29N3O/c1-18-14-6-3-7-19(10-14)16(20)13-8-11-4-2-5-12(9-13)15(11)17/h11-15,18H,2-10,17H2,1H3. The number of fused-ring (bicyclic) bond motifs is 2. The van der Waals surface area contributed by atoms with Gasteiger partial charge in [-0.25, -0.2) is 0 Å². The first kappa shape index (κ1) is 14.3. The highest BCUT2D eigenvalue weighted by Crippen LogP contribution is 2.42. The highest BCUT2D eigenvalue weighted by molar-refractivity contribution is 5.79. The van der Waals surface area contributed by atoms with E-state index in [1.807, 2.05) is 7.05 Å². The van der Waals surface area contributed by atoms with Gasteiger partial charge < -0.3 is 16.0 Å². The van der Waals surface area contributed by atoms with Gasteiger partial charge in [-0.2, -0.15) is 0 Å². The molecule has 1 amide bonds. The van der Waals surface area contributed by atoms with E-state index in [0.29, 0.717) is 29.8 Å². The summed E-state index contributed by atoms with van der Waals surface area (Å²) < 4.78 is 0. The van der Waals surface area contributed by atoms with E-state index in [9.17, 15) is 4.79 Å². The zero-order valence-corrected chi connectivity index (χ0v) is 12.7. The Kier molecular flexibility index (Phi) is 4.32. The molecule has 0 radical (unpaired) electrons. The van der Waals surface area contributed by atoms with Crippen molar-refractivity contribution in [1.29, 1.82) is 0 Å². The van der Waals surface area contributed by atoms with Crippen LogP contribution in [0.4, 0.5) is 0 Å². The Bertz CT molecular complexity index is 346. The Balaban J connectivity index is 1.62. The van der Waals surface area contributed by atoms with Gasteiger partial charge in [-0.1, -0.05) is 6.42 Å². The largest absolute Gasteiger partial charge is 0.341 e. The molecule has 3 atom stereocenters. The van der Waals surface area contributed by atoms with E-state index in [4.69, 9.17) is 5.73 Å². The second kappa shape index (κ2) is 6.02. The summed E-state index contributed by atoms with van der Waals surface area (Å²) in [5.41, 5.74) is 6.33. The minimum absolute atomic E-state index is 0.251. The van der Waals surface area contributed by atoms with E-state index >= 15 is 0 Å². The Morgan fingerprint density at radius 2 is 1.85 bits per heavy atom. The van der Waals surface area contributed by atoms with Crippen LogP contribution in [0.1, 0.15) is 44.9 Å². The molecule has 1 aliphatic heterocycles. The van der Waals surface area contributed by atoms with Crippen LogP contribution in [-0.4, -0.2) is 43.0 Å². The SMILES string of the molecule is CNC1CCCN(C(=O)C2CC3CCCC(C2)C3N)C1. The topological polar surface area (TPSA) is 58.4 Å². The fourth-order valence-corrected chi connectivity index (χ4v) is 4.66. The van der Waals surface area contributed by atoms with Gasteiger partial charge in [0.05, 0.1) is 0 Å². The number of nitrogens with zero attached hydrogens (tertiary/aromatic N) is 1. The molecule has 0 aromatic carbocycles. The normalized spacial score (nSPS) is 41.5. The lowest BCUT2D eigenvalue weighted by molar-refractivity contribution is -0.140. The van der Waals surface area contributed by atoms with Gasteiger partial charge in [-0.05, 0) is 57.4 Å². The lowest BCUT2D eigenvalue weighted by Crippen LogP contribution is -2.52. The number of hydrogen-bond donors (Lipinski definition) is 2. The zero-order valence-electron chi connectivity index (χ0n) is 12.7. The number of piperidine rings is 1. The van der Waals surface area contributed by atoms with Crippen LogP contribution in [0, 0.1) is 17.8 Å². The molecule has 114 valence electrons. The van der Waals surface area contributed by atoms with Gasteiger partial charge >= 0.3 is 0 Å². The van der Waals surface area contributed by atoms with Crippen LogP contribution in [-0.2, 0) is 4.79 Å². The molecule has 1 saturated heterocycles. The van der Waals surface area contributed by atoms with Crippen molar-refractivity contribution in [2.45, 2.75) is 57.0 Å². The average Bonchev–Trinajstić information content (AvgIpc) is 2.46. The van der Waals surface area contributed by atoms with Gasteiger partial charge in [0.25, 0.3) is 0 Å². The summed E-state index contributed by atoms with van der Waals surface area (Å²) >= 11 is 0. The van der Waals surface area contributed by atoms with Crippen LogP contribution in [0.2, 0.25) is 0 Å². The highest BCUT2D eigenvalue weighted by Gasteiger charge is 2.42. The first-order chi connectivity index (χ1) is 9.69. The molecule has 2 aliphatic carbocycles. The second-order valence-electron chi connectivity index (χ2n) is 7.11. The molecule has 2 saturated carbocycles. The highest BCUT2D eigenvalue weighted by atomic mass is 16.2. The average molecular weight is 279 g/mol. The summed E-state index contributed by atoms with van der Waals surface area (Å²) in [6.07, 6.45) is 8.20. The fourth-order valence-electron chi connectivity index (χ4n) is 4.66. The van der Waals surface area contributed by atoms with Gasteiger partial charge in [-0.15, -0.1) is 0 Å². The van der Waals surface area contributed by atoms with E-state index in [1.54, 1.807) is 0 Å². The summed E-state index contributed by atoms with van der Waals surface area (Å²) in [7, 11) is 2.00. The van der Waals surface area contributed by atoms with Crippen LogP contribution in [0.5, 0.6) is 0 Å². The molecule has 20 heavy (non-hydrogen) atoms. The molecule has 3 unspecified atom stereocenters. The summed E-state index contributed by atoms with van der Waals surface area (Å²) in [5, 5.41) is 3.32. The second-order valence-corrected chi connectivity index (χ2v) is 7.11. The molecule has 4 nitrogen and oxygen atoms in total. The van der Waals surface area contributed by atoms with Gasteiger partial charge in [-0.3, -0.25) is 4.79 Å². The van der Waals surface area contributed by atoms with Crippen molar-refractivity contribution < 1.29 is 4.79 Å². The molecule has 0 spiro atoms. The van der Waals surface area contributed by atoms with Crippen molar-refractivity contribution in [2.24, 2.45) is 23.5 Å². The number of amides is 1. The quantitative estimate of drug-likeness (QED) is 0.802. The zero-order chi connectivity index (χ0) is 14.1. The Morgan fingerprint density at radius 3 is 2.50 bits per heavy atom. The first-order valence-electron chi connectivity index (χ1n) is 8.40. The predicted molar refractivity (Wildman–Crippen MR) is 80.2 cm³/mol. The summed E-state index contributed by atoms with van der Waals surface area (Å²) in [5.74, 6) is 1.86. The van der Waals surface area contributed by atoms with Crippen LogP contribution >= 0.6 is 0 Å². The minimum atomic E-state index is 0.251. The third-order valence-corrected chi connectivity index (χ3v) is 5.90. The number of hydrogen-bond acceptors (Lipinski definition) is 3. The maximum Gasteiger partial charge on any atom is 0.225 e. The lowest BCUT2D eigenvalue weighted by Gasteiger charge is -2.45. The molecule has 3 rings (SSSR count). The molecule has 4 heteroatoms. The van der Waals surface area contributed by atoms with Crippen LogP contribution < -0.4 is 11.1 Å². The van der Waals surface area contributed by atoms with Crippen molar-refractivity contribution in [3.8, 4) is 0 Å². The minimum Gasteiger partial charge on any atom is -0.341 e. The van der Waals surface area contributed by atoms with E-state index in [1.165, 1.54) is 25.7 Å². The third kappa shape index (κ3) is 2.73. The molecule has 3 aliphatic rings. The van der Waals surface area contributed by atoms with E-state index in [2.05, 4.69) is 10.2 Å². The number of nitrogens with two attached hydrogens (primary N) is 1. The van der Waals surface area contributed by atoms with E-state index in [0.717, 1.165) is 32.4 Å². The van der Waals surface area contributed by atoms with Gasteiger partial charge in [0, 0.05) is 31.1 Å². The molecule has 2 bridgehead atoms. The third-order valence-electron chi connectivity index (χ3n) is 5.90. The van der Waals surface area contributed by atoms with Crippen molar-refractivity contribution >= 4 is 5.91 Å². The number of nitrogens with one attached hydrogen (secondary N) is 1. The molecule has 0 aromatic rings. The monoisotopic (exact) mass is 279 g/mol. The first-order valence-corrected chi connectivity index (χ1v) is 8.40. The van der Waals surface area contributed by atoms with Crippen LogP contribution in [0.3, 0.4) is 0 Å². The fraction of sp³-hybridized carbons (Fsp3) is 0.938. The molecule has 3 fully saturated rings. The summed E-state index contributed by atoms with van der Waals surface area (Å²) in [6.45, 7) is 1.85. The van der Waals surface area contributed by atoms with Gasteiger partial charge in [0.1, 0.15) is 0 Å². The number of likely N-dealkylation sites (tertiary alicyclic amines) is 1. The van der Waals surface area contributed by atoms with Crippen molar-refractivity contribution in [1.82, 2.24) is 10.2 Å². The Labute approximate surface area is 122 Å². The van der Waals surface area contributed by atoms with Crippen molar-refractivity contribution in [3.63, 3.8) is 0 Å². The van der Waals surface area contributed by atoms with E-state index < -0.39 is 0 Å². The molecular weight excluding hydrogens is 250 g/mol. The summed E-state index contributed by atoms with van der Waals surface area (Å²) in [4.78, 5) is 14.9.